The van der Waals surface area contributed by atoms with Crippen LogP contribution in [0, 0.1) is 5.92 Å². The van der Waals surface area contributed by atoms with Gasteiger partial charge in [-0.3, -0.25) is 14.4 Å². The Balaban J connectivity index is 1.64. The molecule has 1 heterocycles. The molecule has 27 heavy (non-hydrogen) atoms. The number of piperidine rings is 1. The number of amides is 2. The highest BCUT2D eigenvalue weighted by molar-refractivity contribution is 5.85. The zero-order valence-corrected chi connectivity index (χ0v) is 15.8. The second-order valence-corrected chi connectivity index (χ2v) is 6.91. The van der Waals surface area contributed by atoms with Gasteiger partial charge in [-0.05, 0) is 24.8 Å². The van der Waals surface area contributed by atoms with E-state index in [4.69, 9.17) is 9.84 Å². The lowest BCUT2D eigenvalue weighted by molar-refractivity contribution is -0.147. The van der Waals surface area contributed by atoms with Crippen LogP contribution >= 0.6 is 0 Å². The second-order valence-electron chi connectivity index (χ2n) is 6.91. The maximum Gasteiger partial charge on any atom is 0.308 e. The van der Waals surface area contributed by atoms with Crippen LogP contribution < -0.4 is 0 Å². The Morgan fingerprint density at radius 3 is 2.70 bits per heavy atom. The summed E-state index contributed by atoms with van der Waals surface area (Å²) in [4.78, 5) is 38.6. The first kappa shape index (κ1) is 20.9. The fourth-order valence-corrected chi connectivity index (χ4v) is 3.08. The summed E-state index contributed by atoms with van der Waals surface area (Å²) in [5.41, 5.74) is 1.09. The lowest BCUT2D eigenvalue weighted by Crippen LogP contribution is -2.46. The molecular weight excluding hydrogens is 348 g/mol. The van der Waals surface area contributed by atoms with Crippen molar-refractivity contribution in [2.24, 2.45) is 5.92 Å². The van der Waals surface area contributed by atoms with Gasteiger partial charge in [-0.25, -0.2) is 0 Å². The van der Waals surface area contributed by atoms with Gasteiger partial charge in [-0.2, -0.15) is 0 Å². The van der Waals surface area contributed by atoms with E-state index in [1.807, 2.05) is 30.3 Å². The summed E-state index contributed by atoms with van der Waals surface area (Å²) in [6.07, 6.45) is 2.18. The normalized spacial score (nSPS) is 16.8. The number of carbonyl (C=O) groups is 3. The molecular formula is C20H28N2O5. The lowest BCUT2D eigenvalue weighted by Gasteiger charge is -2.32. The van der Waals surface area contributed by atoms with Crippen molar-refractivity contribution in [3.63, 3.8) is 0 Å². The van der Waals surface area contributed by atoms with Gasteiger partial charge >= 0.3 is 5.97 Å². The van der Waals surface area contributed by atoms with Gasteiger partial charge in [0.05, 0.1) is 19.1 Å². The molecule has 148 valence electrons. The van der Waals surface area contributed by atoms with Gasteiger partial charge in [0.2, 0.25) is 11.8 Å². The minimum absolute atomic E-state index is 0.0178. The van der Waals surface area contributed by atoms with Crippen LogP contribution in [0.3, 0.4) is 0 Å². The van der Waals surface area contributed by atoms with E-state index in [1.54, 1.807) is 11.9 Å². The van der Waals surface area contributed by atoms with Crippen molar-refractivity contribution >= 4 is 17.8 Å². The number of carboxylic acid groups (broad SMARTS) is 1. The van der Waals surface area contributed by atoms with Crippen LogP contribution in [0.25, 0.3) is 0 Å². The number of nitrogens with zero attached hydrogens (tertiary/aromatic N) is 2. The molecule has 1 aliphatic heterocycles. The van der Waals surface area contributed by atoms with Gasteiger partial charge in [-0.15, -0.1) is 0 Å². The first-order valence-electron chi connectivity index (χ1n) is 9.33. The third-order valence-corrected chi connectivity index (χ3v) is 4.71. The number of carboxylic acids is 1. The fourth-order valence-electron chi connectivity index (χ4n) is 3.08. The molecule has 0 radical (unpaired) electrons. The molecule has 2 rings (SSSR count). The Morgan fingerprint density at radius 2 is 2.00 bits per heavy atom. The molecule has 0 aromatic heterocycles. The molecule has 0 saturated carbocycles. The van der Waals surface area contributed by atoms with E-state index in [9.17, 15) is 14.4 Å². The Labute approximate surface area is 159 Å². The maximum absolute atomic E-state index is 12.3. The smallest absolute Gasteiger partial charge is 0.308 e. The van der Waals surface area contributed by atoms with Crippen molar-refractivity contribution < 1.29 is 24.2 Å². The number of likely N-dealkylation sites (N-methyl/N-ethyl adjacent to an activating group) is 1. The third-order valence-electron chi connectivity index (χ3n) is 4.71. The number of likely N-dealkylation sites (tertiary alicyclic amines) is 1. The van der Waals surface area contributed by atoms with Crippen LogP contribution in [0.4, 0.5) is 0 Å². The van der Waals surface area contributed by atoms with Gasteiger partial charge in [0, 0.05) is 33.2 Å². The van der Waals surface area contributed by atoms with E-state index in [2.05, 4.69) is 0 Å². The highest BCUT2D eigenvalue weighted by Gasteiger charge is 2.28. The molecule has 7 heteroatoms. The monoisotopic (exact) mass is 376 g/mol. The summed E-state index contributed by atoms with van der Waals surface area (Å²) < 4.78 is 5.56. The molecule has 1 atom stereocenters. The van der Waals surface area contributed by atoms with Crippen molar-refractivity contribution in [3.05, 3.63) is 35.9 Å². The number of rotatable bonds is 9. The highest BCUT2D eigenvalue weighted by Crippen LogP contribution is 2.17. The molecule has 1 saturated heterocycles. The Morgan fingerprint density at radius 1 is 1.26 bits per heavy atom. The molecule has 1 N–H and O–H groups in total. The number of aliphatic carboxylic acids is 1. The maximum atomic E-state index is 12.3. The zero-order chi connectivity index (χ0) is 19.6. The van der Waals surface area contributed by atoms with E-state index in [1.165, 1.54) is 4.90 Å². The molecule has 7 nitrogen and oxygen atoms in total. The van der Waals surface area contributed by atoms with E-state index in [-0.39, 0.29) is 24.9 Å². The van der Waals surface area contributed by atoms with Crippen molar-refractivity contribution in [2.75, 3.05) is 33.3 Å². The van der Waals surface area contributed by atoms with Crippen molar-refractivity contribution in [2.45, 2.75) is 32.3 Å². The van der Waals surface area contributed by atoms with Gasteiger partial charge in [-0.1, -0.05) is 30.3 Å². The summed E-state index contributed by atoms with van der Waals surface area (Å²) >= 11 is 0. The van der Waals surface area contributed by atoms with Gasteiger partial charge in [0.1, 0.15) is 0 Å². The first-order chi connectivity index (χ1) is 13.0. The van der Waals surface area contributed by atoms with Crippen LogP contribution in [0.1, 0.15) is 31.2 Å². The summed E-state index contributed by atoms with van der Waals surface area (Å²) in [7, 11) is 1.60. The van der Waals surface area contributed by atoms with Crippen LogP contribution in [-0.4, -0.2) is 66.0 Å². The zero-order valence-electron chi connectivity index (χ0n) is 15.8. The predicted octanol–water partition coefficient (Wildman–Crippen LogP) is 1.77. The van der Waals surface area contributed by atoms with Crippen LogP contribution in [0.5, 0.6) is 0 Å². The Kier molecular flexibility index (Phi) is 8.26. The predicted molar refractivity (Wildman–Crippen MR) is 99.9 cm³/mol. The molecule has 1 unspecified atom stereocenters. The van der Waals surface area contributed by atoms with E-state index in [0.29, 0.717) is 45.4 Å². The van der Waals surface area contributed by atoms with Crippen LogP contribution in [0.2, 0.25) is 0 Å². The number of hydrogen-bond acceptors (Lipinski definition) is 4. The summed E-state index contributed by atoms with van der Waals surface area (Å²) in [5.74, 6) is -1.69. The van der Waals surface area contributed by atoms with Gasteiger partial charge < -0.3 is 19.6 Å². The van der Waals surface area contributed by atoms with Crippen molar-refractivity contribution in [1.82, 2.24) is 9.80 Å². The molecule has 0 spiro atoms. The molecule has 1 fully saturated rings. The largest absolute Gasteiger partial charge is 0.481 e. The van der Waals surface area contributed by atoms with Gasteiger partial charge in [0.15, 0.2) is 0 Å². The second kappa shape index (κ2) is 10.7. The molecule has 1 aliphatic rings. The van der Waals surface area contributed by atoms with E-state index >= 15 is 0 Å². The SMILES string of the molecule is CN(CC(=O)N1CCCC(C(=O)O)C1)C(=O)CCCOCc1ccccc1. The number of benzene rings is 1. The topological polar surface area (TPSA) is 87.2 Å². The Hall–Kier alpha value is -2.41. The molecule has 1 aromatic rings. The van der Waals surface area contributed by atoms with Crippen LogP contribution in [0.15, 0.2) is 30.3 Å². The van der Waals surface area contributed by atoms with Crippen LogP contribution in [-0.2, 0) is 25.7 Å². The third kappa shape index (κ3) is 7.02. The van der Waals surface area contributed by atoms with Crippen molar-refractivity contribution in [3.8, 4) is 0 Å². The number of hydrogen-bond donors (Lipinski definition) is 1. The average Bonchev–Trinajstić information content (AvgIpc) is 2.68. The number of carbonyl (C=O) groups excluding carboxylic acids is 2. The van der Waals surface area contributed by atoms with Gasteiger partial charge in [0.25, 0.3) is 0 Å². The van der Waals surface area contributed by atoms with E-state index in [0.717, 1.165) is 5.56 Å². The fraction of sp³-hybridized carbons (Fsp3) is 0.550. The molecule has 0 bridgehead atoms. The molecule has 2 amide bonds. The first-order valence-corrected chi connectivity index (χ1v) is 9.33. The lowest BCUT2D eigenvalue weighted by atomic mass is 9.98. The minimum atomic E-state index is -0.868. The van der Waals surface area contributed by atoms with Crippen molar-refractivity contribution in [1.29, 1.82) is 0 Å². The minimum Gasteiger partial charge on any atom is -0.481 e. The summed E-state index contributed by atoms with van der Waals surface area (Å²) in [6.45, 7) is 1.76. The molecule has 0 aliphatic carbocycles. The van der Waals surface area contributed by atoms with E-state index < -0.39 is 11.9 Å². The summed E-state index contributed by atoms with van der Waals surface area (Å²) in [6, 6.07) is 9.83. The Bertz CT molecular complexity index is 635. The number of ether oxygens (including phenoxy) is 1. The highest BCUT2D eigenvalue weighted by atomic mass is 16.5. The quantitative estimate of drug-likeness (QED) is 0.664. The average molecular weight is 376 g/mol. The standard InChI is InChI=1S/C20H28N2O5/c1-21(14-19(24)22-11-5-9-17(13-22)20(25)26)18(23)10-6-12-27-15-16-7-3-2-4-8-16/h2-4,7-8,17H,5-6,9-15H2,1H3,(H,25,26). The molecule has 1 aromatic carbocycles. The summed E-state index contributed by atoms with van der Waals surface area (Å²) in [5, 5.41) is 9.11.